The summed E-state index contributed by atoms with van der Waals surface area (Å²) < 4.78 is 40.7. The average molecular weight is 776 g/mol. The molecule has 3 N–H and O–H groups in total. The lowest BCUT2D eigenvalue weighted by molar-refractivity contribution is -0.141. The Labute approximate surface area is 322 Å². The molecule has 3 bridgehead atoms. The summed E-state index contributed by atoms with van der Waals surface area (Å²) >= 11 is 0. The molecule has 7 atom stereocenters. The van der Waals surface area contributed by atoms with Crippen LogP contribution in [0, 0.1) is 11.8 Å². The zero-order chi connectivity index (χ0) is 38.2. The molecule has 3 aliphatic heterocycles. The molecular formula is C41H53N5O8S. The maximum atomic E-state index is 14.7. The minimum Gasteiger partial charge on any atom is -0.487 e. The molecule has 1 saturated heterocycles. The molecule has 4 fully saturated rings. The molecule has 2 aromatic rings. The second-order valence-corrected chi connectivity index (χ2v) is 18.5. The summed E-state index contributed by atoms with van der Waals surface area (Å²) in [5, 5.41) is 6.15. The Hall–Kier alpha value is -4.20. The van der Waals surface area contributed by atoms with Gasteiger partial charge in [-0.25, -0.2) is 18.2 Å². The van der Waals surface area contributed by atoms with Crippen LogP contribution in [0.25, 0.3) is 10.9 Å². The number of amides is 4. The summed E-state index contributed by atoms with van der Waals surface area (Å²) in [5.41, 5.74) is 0.225. The van der Waals surface area contributed by atoms with Crippen LogP contribution >= 0.6 is 0 Å². The molecule has 4 heterocycles. The first-order chi connectivity index (χ1) is 26.6. The molecule has 0 spiro atoms. The van der Waals surface area contributed by atoms with Crippen molar-refractivity contribution >= 4 is 44.7 Å². The maximum Gasteiger partial charge on any atom is 0.408 e. The lowest BCUT2D eigenvalue weighted by Gasteiger charge is -2.30. The van der Waals surface area contributed by atoms with Crippen LogP contribution < -0.4 is 20.1 Å². The number of carbonyl (C=O) groups excluding carboxylic acids is 4. The van der Waals surface area contributed by atoms with E-state index in [4.69, 9.17) is 14.5 Å². The predicted octanol–water partition coefficient (Wildman–Crippen LogP) is 4.97. The Morgan fingerprint density at radius 3 is 2.58 bits per heavy atom. The van der Waals surface area contributed by atoms with E-state index in [9.17, 15) is 27.6 Å². The number of hydrogen-bond donors (Lipinski definition) is 3. The normalized spacial score (nSPS) is 32.8. The summed E-state index contributed by atoms with van der Waals surface area (Å²) in [6.45, 7) is 0.0691. The van der Waals surface area contributed by atoms with Gasteiger partial charge in [-0.3, -0.25) is 19.1 Å². The number of aryl methyl sites for hydroxylation is 1. The first-order valence-electron chi connectivity index (χ1n) is 20.5. The Balaban J connectivity index is 1.13. The smallest absolute Gasteiger partial charge is 0.408 e. The summed E-state index contributed by atoms with van der Waals surface area (Å²) in [7, 11) is -3.87. The lowest BCUT2D eigenvalue weighted by atomic mass is 9.97. The standard InChI is InChI=1S/C41H53N5O8S/c47-37-34-23-29-25-46(34)38(48)33(18-7-3-1-2-6-15-28-24-41(28,44-37)39(49)45-55(51,52)30-20-21-30)43-40(50)54-35-19-11-14-26(35)12-5-4-8-17-32-36(53-29)22-27-13-9-10-16-31(27)42-32/h6,9-10,13,15-16,22,26,28-30,33-35H,1-5,7-8,11-12,14,17-21,23-25H2,(H,43,50)(H,44,47)(H,45,49)/b15-6-/t26-,28?,29-,33+,34+,35-,41-/m1/s1. The number of benzene rings is 1. The summed E-state index contributed by atoms with van der Waals surface area (Å²) in [6, 6.07) is 7.87. The Kier molecular flexibility index (Phi) is 10.8. The summed E-state index contributed by atoms with van der Waals surface area (Å²) in [6.07, 6.45) is 14.5. The number of aromatic nitrogens is 1. The first-order valence-corrected chi connectivity index (χ1v) is 22.0. The molecule has 1 aromatic heterocycles. The van der Waals surface area contributed by atoms with E-state index in [1.54, 1.807) is 0 Å². The lowest BCUT2D eigenvalue weighted by Crippen LogP contribution is -2.58. The molecule has 55 heavy (non-hydrogen) atoms. The van der Waals surface area contributed by atoms with Crippen LogP contribution in [0.15, 0.2) is 42.5 Å². The number of nitrogens with one attached hydrogen (secondary N) is 3. The van der Waals surface area contributed by atoms with Gasteiger partial charge in [-0.15, -0.1) is 0 Å². The third-order valence-corrected chi connectivity index (χ3v) is 14.3. The van der Waals surface area contributed by atoms with Gasteiger partial charge in [-0.2, -0.15) is 0 Å². The molecule has 1 unspecified atom stereocenters. The molecule has 3 aliphatic carbocycles. The number of para-hydroxylation sites is 1. The van der Waals surface area contributed by atoms with Gasteiger partial charge in [0.15, 0.2) is 0 Å². The van der Waals surface area contributed by atoms with Crippen molar-refractivity contribution in [1.82, 2.24) is 25.2 Å². The van der Waals surface area contributed by atoms with E-state index in [-0.39, 0.29) is 31.4 Å². The van der Waals surface area contributed by atoms with Gasteiger partial charge in [-0.1, -0.05) is 56.0 Å². The van der Waals surface area contributed by atoms with Gasteiger partial charge in [0.2, 0.25) is 21.8 Å². The Morgan fingerprint density at radius 1 is 0.927 bits per heavy atom. The number of hydrogen-bond acceptors (Lipinski definition) is 9. The molecule has 0 radical (unpaired) electrons. The first kappa shape index (κ1) is 37.7. The van der Waals surface area contributed by atoms with E-state index >= 15 is 0 Å². The summed E-state index contributed by atoms with van der Waals surface area (Å²) in [5.74, 6) is -1.26. The van der Waals surface area contributed by atoms with Gasteiger partial charge in [-0.05, 0) is 95.1 Å². The van der Waals surface area contributed by atoms with Gasteiger partial charge in [0.1, 0.15) is 35.6 Å². The van der Waals surface area contributed by atoms with Crippen LogP contribution in [0.5, 0.6) is 5.75 Å². The maximum absolute atomic E-state index is 14.7. The molecular weight excluding hydrogens is 723 g/mol. The van der Waals surface area contributed by atoms with E-state index in [1.807, 2.05) is 42.5 Å². The number of alkyl carbamates (subject to hydrolysis) is 1. The van der Waals surface area contributed by atoms with E-state index < -0.39 is 68.7 Å². The topological polar surface area (TPSA) is 173 Å². The fourth-order valence-electron chi connectivity index (χ4n) is 9.12. The minimum atomic E-state index is -3.87. The van der Waals surface area contributed by atoms with Gasteiger partial charge in [0.25, 0.3) is 5.91 Å². The number of fused-ring (bicyclic) bond motifs is 6. The molecule has 1 aromatic carbocycles. The molecule has 4 amide bonds. The van der Waals surface area contributed by atoms with E-state index in [2.05, 4.69) is 15.4 Å². The number of sulfonamides is 1. The quantitative estimate of drug-likeness (QED) is 0.364. The Bertz CT molecular complexity index is 1950. The van der Waals surface area contributed by atoms with Crippen LogP contribution in [0.4, 0.5) is 4.79 Å². The number of carbonyl (C=O) groups is 4. The van der Waals surface area contributed by atoms with Gasteiger partial charge in [0.05, 0.1) is 23.0 Å². The van der Waals surface area contributed by atoms with Crippen molar-refractivity contribution in [2.24, 2.45) is 11.8 Å². The number of rotatable bonds is 3. The number of pyridine rings is 1. The molecule has 296 valence electrons. The highest BCUT2D eigenvalue weighted by molar-refractivity contribution is 7.91. The minimum absolute atomic E-state index is 0.0691. The van der Waals surface area contributed by atoms with E-state index in [0.717, 1.165) is 80.8 Å². The highest BCUT2D eigenvalue weighted by Crippen LogP contribution is 2.46. The monoisotopic (exact) mass is 775 g/mol. The van der Waals surface area contributed by atoms with Crippen LogP contribution in [0.3, 0.4) is 0 Å². The van der Waals surface area contributed by atoms with Crippen molar-refractivity contribution in [3.8, 4) is 5.75 Å². The van der Waals surface area contributed by atoms with Crippen molar-refractivity contribution in [3.63, 3.8) is 0 Å². The molecule has 14 heteroatoms. The molecule has 3 saturated carbocycles. The third-order valence-electron chi connectivity index (χ3n) is 12.5. The SMILES string of the molecule is O=C1N[C@H]2CCCCC/C=C\C3C[C@@]3(C(=O)NS(=O)(=O)C3CC3)NC(=O)[C@@H]3C[C@H](CN3C2=O)Oc2cc3ccccc3nc2CCCCC[C@@H]2CCC[C@H]2O1. The predicted molar refractivity (Wildman–Crippen MR) is 204 cm³/mol. The molecule has 6 aliphatic rings. The molecule has 8 rings (SSSR count). The van der Waals surface area contributed by atoms with Crippen molar-refractivity contribution in [2.75, 3.05) is 6.54 Å². The fourth-order valence-corrected chi connectivity index (χ4v) is 10.5. The van der Waals surface area contributed by atoms with Crippen LogP contribution in [-0.2, 0) is 35.6 Å². The van der Waals surface area contributed by atoms with E-state index in [0.29, 0.717) is 37.9 Å². The third kappa shape index (κ3) is 8.34. The van der Waals surface area contributed by atoms with E-state index in [1.165, 1.54) is 4.90 Å². The fraction of sp³-hybridized carbons (Fsp3) is 0.634. The van der Waals surface area contributed by atoms with Crippen molar-refractivity contribution in [2.45, 2.75) is 144 Å². The van der Waals surface area contributed by atoms with Crippen molar-refractivity contribution in [3.05, 3.63) is 48.2 Å². The Morgan fingerprint density at radius 2 is 1.73 bits per heavy atom. The second-order valence-electron chi connectivity index (χ2n) is 16.6. The zero-order valence-electron chi connectivity index (χ0n) is 31.4. The average Bonchev–Trinajstić information content (AvgIpc) is 4.05. The number of allylic oxidation sites excluding steroid dienone is 1. The van der Waals surface area contributed by atoms with Gasteiger partial charge < -0.3 is 25.0 Å². The number of ether oxygens (including phenoxy) is 2. The zero-order valence-corrected chi connectivity index (χ0v) is 32.2. The largest absolute Gasteiger partial charge is 0.487 e. The van der Waals surface area contributed by atoms with Gasteiger partial charge in [0, 0.05) is 17.7 Å². The van der Waals surface area contributed by atoms with Crippen molar-refractivity contribution < 1.29 is 37.1 Å². The van der Waals surface area contributed by atoms with Crippen LogP contribution in [-0.4, -0.2) is 83.7 Å². The highest BCUT2D eigenvalue weighted by atomic mass is 32.2. The van der Waals surface area contributed by atoms with Crippen molar-refractivity contribution in [1.29, 1.82) is 0 Å². The molecule has 13 nitrogen and oxygen atoms in total. The second kappa shape index (κ2) is 15.7. The van der Waals surface area contributed by atoms with Crippen LogP contribution in [0.1, 0.15) is 108 Å². The number of nitrogens with zero attached hydrogens (tertiary/aromatic N) is 2. The summed E-state index contributed by atoms with van der Waals surface area (Å²) in [4.78, 5) is 62.9. The highest BCUT2D eigenvalue weighted by Gasteiger charge is 2.62. The van der Waals surface area contributed by atoms with Crippen LogP contribution in [0.2, 0.25) is 0 Å². The van der Waals surface area contributed by atoms with Gasteiger partial charge >= 0.3 is 6.09 Å².